The van der Waals surface area contributed by atoms with E-state index in [1.807, 2.05) is 75.8 Å². The fraction of sp³-hybridized carbons (Fsp3) is 0.200. The monoisotopic (exact) mass is 466 g/mol. The van der Waals surface area contributed by atoms with Crippen LogP contribution in [0.3, 0.4) is 0 Å². The number of H-pyrrole nitrogens is 1. The Bertz CT molecular complexity index is 1420. The molecule has 0 atom stereocenters. The molecular formula is C25H26N10. The predicted molar refractivity (Wildman–Crippen MR) is 133 cm³/mol. The molecule has 0 saturated heterocycles. The van der Waals surface area contributed by atoms with E-state index in [9.17, 15) is 0 Å². The van der Waals surface area contributed by atoms with Gasteiger partial charge in [-0.15, -0.1) is 0 Å². The maximum atomic E-state index is 4.63. The lowest BCUT2D eigenvalue weighted by Crippen LogP contribution is -2.14. The normalized spacial score (nSPS) is 11.1. The fourth-order valence-corrected chi connectivity index (χ4v) is 3.57. The van der Waals surface area contributed by atoms with Crippen LogP contribution in [-0.4, -0.2) is 39.9 Å². The molecule has 3 N–H and O–H groups in total. The van der Waals surface area contributed by atoms with E-state index in [0.29, 0.717) is 30.5 Å². The molecule has 35 heavy (non-hydrogen) atoms. The summed E-state index contributed by atoms with van der Waals surface area (Å²) in [5.74, 6) is 2.82. The summed E-state index contributed by atoms with van der Waals surface area (Å²) in [5, 5.41) is 18.0. The zero-order valence-electron chi connectivity index (χ0n) is 19.8. The molecule has 0 aliphatic rings. The van der Waals surface area contributed by atoms with E-state index in [4.69, 9.17) is 0 Å². The Morgan fingerprint density at radius 3 is 2.49 bits per heavy atom. The number of aryl methyl sites for hydroxylation is 3. The van der Waals surface area contributed by atoms with Gasteiger partial charge in [0.2, 0.25) is 0 Å². The summed E-state index contributed by atoms with van der Waals surface area (Å²) in [6.45, 7) is 7.23. The van der Waals surface area contributed by atoms with Gasteiger partial charge in [0.1, 0.15) is 5.82 Å². The van der Waals surface area contributed by atoms with Crippen LogP contribution in [0, 0.1) is 20.8 Å². The number of aromatic amines is 1. The molecule has 0 aliphatic heterocycles. The number of aromatic nitrogens is 8. The van der Waals surface area contributed by atoms with E-state index in [0.717, 1.165) is 39.6 Å². The van der Waals surface area contributed by atoms with Crippen molar-refractivity contribution >= 4 is 11.6 Å². The molecule has 0 fully saturated rings. The Balaban J connectivity index is 1.18. The number of hydrogen-bond acceptors (Lipinski definition) is 8. The standard InChI is InChI=1S/C25H26N10/c1-16-10-29-35(15-16)24-7-4-19(12-28-24)11-26-14-21-6-5-20(13-27-21)25-30-17(2)8-22(32-25)31-23-9-18(3)33-34-23/h4-10,12-13,15,26H,11,14H2,1-3H3,(H2,30,31,32,33,34). The van der Waals surface area contributed by atoms with Crippen LogP contribution in [0.2, 0.25) is 0 Å². The van der Waals surface area contributed by atoms with Gasteiger partial charge in [-0.25, -0.2) is 19.6 Å². The average Bonchev–Trinajstić information content (AvgIpc) is 3.47. The molecule has 0 aromatic carbocycles. The van der Waals surface area contributed by atoms with E-state index >= 15 is 0 Å². The first-order chi connectivity index (χ1) is 17.0. The highest BCUT2D eigenvalue weighted by molar-refractivity contribution is 5.59. The van der Waals surface area contributed by atoms with Crippen molar-refractivity contribution in [3.63, 3.8) is 0 Å². The lowest BCUT2D eigenvalue weighted by Gasteiger charge is -2.08. The number of hydrogen-bond donors (Lipinski definition) is 3. The molecule has 5 rings (SSSR count). The van der Waals surface area contributed by atoms with Crippen molar-refractivity contribution in [3.05, 3.63) is 89.4 Å². The first-order valence-electron chi connectivity index (χ1n) is 11.3. The summed E-state index contributed by atoms with van der Waals surface area (Å²) < 4.78 is 1.77. The van der Waals surface area contributed by atoms with Gasteiger partial charge in [0.15, 0.2) is 17.5 Å². The Morgan fingerprint density at radius 1 is 0.886 bits per heavy atom. The van der Waals surface area contributed by atoms with E-state index in [1.54, 1.807) is 10.9 Å². The van der Waals surface area contributed by atoms with Crippen molar-refractivity contribution < 1.29 is 0 Å². The van der Waals surface area contributed by atoms with Gasteiger partial charge in [0, 0.05) is 60.8 Å². The van der Waals surface area contributed by atoms with Gasteiger partial charge >= 0.3 is 0 Å². The van der Waals surface area contributed by atoms with Crippen LogP contribution in [0.15, 0.2) is 61.2 Å². The number of anilines is 2. The van der Waals surface area contributed by atoms with E-state index in [1.165, 1.54) is 0 Å². The highest BCUT2D eigenvalue weighted by Gasteiger charge is 2.08. The molecule has 0 bridgehead atoms. The van der Waals surface area contributed by atoms with Gasteiger partial charge in [0.05, 0.1) is 11.9 Å². The van der Waals surface area contributed by atoms with E-state index in [2.05, 4.69) is 45.9 Å². The van der Waals surface area contributed by atoms with Gasteiger partial charge in [-0.3, -0.25) is 10.1 Å². The van der Waals surface area contributed by atoms with Crippen molar-refractivity contribution in [2.75, 3.05) is 5.32 Å². The van der Waals surface area contributed by atoms with Crippen LogP contribution in [0.25, 0.3) is 17.2 Å². The lowest BCUT2D eigenvalue weighted by atomic mass is 10.2. The maximum Gasteiger partial charge on any atom is 0.163 e. The van der Waals surface area contributed by atoms with Gasteiger partial charge in [-0.2, -0.15) is 10.2 Å². The summed E-state index contributed by atoms with van der Waals surface area (Å²) in [6, 6.07) is 11.8. The molecule has 10 heteroatoms. The summed E-state index contributed by atoms with van der Waals surface area (Å²) in [4.78, 5) is 18.3. The molecule has 5 aromatic rings. The van der Waals surface area contributed by atoms with Crippen molar-refractivity contribution in [2.45, 2.75) is 33.9 Å². The molecule has 176 valence electrons. The number of nitrogens with one attached hydrogen (secondary N) is 3. The zero-order valence-corrected chi connectivity index (χ0v) is 19.8. The fourth-order valence-electron chi connectivity index (χ4n) is 3.57. The topological polar surface area (TPSA) is 122 Å². The van der Waals surface area contributed by atoms with E-state index < -0.39 is 0 Å². The van der Waals surface area contributed by atoms with Gasteiger partial charge in [-0.05, 0) is 50.1 Å². The van der Waals surface area contributed by atoms with Crippen LogP contribution in [0.5, 0.6) is 0 Å². The molecule has 5 aromatic heterocycles. The van der Waals surface area contributed by atoms with Crippen LogP contribution in [-0.2, 0) is 13.1 Å². The Kier molecular flexibility index (Phi) is 6.27. The third-order valence-corrected chi connectivity index (χ3v) is 5.29. The molecule has 0 unspecified atom stereocenters. The van der Waals surface area contributed by atoms with Gasteiger partial charge < -0.3 is 10.6 Å². The molecule has 0 spiro atoms. The first-order valence-corrected chi connectivity index (χ1v) is 11.3. The van der Waals surface area contributed by atoms with Crippen LogP contribution in [0.1, 0.15) is 28.2 Å². The molecular weight excluding hydrogens is 440 g/mol. The van der Waals surface area contributed by atoms with Crippen molar-refractivity contribution in [1.82, 2.24) is 45.2 Å². The van der Waals surface area contributed by atoms with Crippen molar-refractivity contribution in [2.24, 2.45) is 0 Å². The minimum atomic E-state index is 0.616. The summed E-state index contributed by atoms with van der Waals surface area (Å²) in [7, 11) is 0. The van der Waals surface area contributed by atoms with Crippen molar-refractivity contribution in [1.29, 1.82) is 0 Å². The molecule has 0 aliphatic carbocycles. The van der Waals surface area contributed by atoms with E-state index in [-0.39, 0.29) is 0 Å². The molecule has 10 nitrogen and oxygen atoms in total. The number of pyridine rings is 2. The minimum absolute atomic E-state index is 0.616. The maximum absolute atomic E-state index is 4.63. The Morgan fingerprint density at radius 2 is 1.80 bits per heavy atom. The van der Waals surface area contributed by atoms with Crippen LogP contribution in [0.4, 0.5) is 11.6 Å². The van der Waals surface area contributed by atoms with Crippen LogP contribution >= 0.6 is 0 Å². The SMILES string of the molecule is Cc1cnn(-c2ccc(CNCc3ccc(-c4nc(C)cc(Nc5cc(C)[nH]n5)n4)cn3)cn2)c1. The highest BCUT2D eigenvalue weighted by Crippen LogP contribution is 2.20. The molecule has 5 heterocycles. The van der Waals surface area contributed by atoms with Gasteiger partial charge in [0.25, 0.3) is 0 Å². The number of rotatable bonds is 8. The Hall–Kier alpha value is -4.44. The highest BCUT2D eigenvalue weighted by atomic mass is 15.3. The number of nitrogens with zero attached hydrogens (tertiary/aromatic N) is 7. The third-order valence-electron chi connectivity index (χ3n) is 5.29. The smallest absolute Gasteiger partial charge is 0.163 e. The molecule has 0 amide bonds. The predicted octanol–water partition coefficient (Wildman–Crippen LogP) is 3.80. The largest absolute Gasteiger partial charge is 0.323 e. The summed E-state index contributed by atoms with van der Waals surface area (Å²) in [6.07, 6.45) is 7.43. The second-order valence-electron chi connectivity index (χ2n) is 8.41. The quantitative estimate of drug-likeness (QED) is 0.316. The molecule has 0 saturated carbocycles. The van der Waals surface area contributed by atoms with Crippen LogP contribution < -0.4 is 10.6 Å². The zero-order chi connectivity index (χ0) is 24.2. The second kappa shape index (κ2) is 9.82. The molecule has 0 radical (unpaired) electrons. The average molecular weight is 467 g/mol. The third kappa shape index (κ3) is 5.56. The summed E-state index contributed by atoms with van der Waals surface area (Å²) >= 11 is 0. The first kappa shape index (κ1) is 22.4. The Labute approximate surface area is 202 Å². The lowest BCUT2D eigenvalue weighted by molar-refractivity contribution is 0.677. The van der Waals surface area contributed by atoms with Gasteiger partial charge in [-0.1, -0.05) is 6.07 Å². The minimum Gasteiger partial charge on any atom is -0.323 e. The second-order valence-corrected chi connectivity index (χ2v) is 8.41. The van der Waals surface area contributed by atoms with Crippen molar-refractivity contribution in [3.8, 4) is 17.2 Å². The summed E-state index contributed by atoms with van der Waals surface area (Å²) in [5.41, 5.74) is 5.82.